The topological polar surface area (TPSA) is 75.6 Å². The minimum atomic E-state index is -0.993. The van der Waals surface area contributed by atoms with Crippen LogP contribution in [0, 0.1) is 0 Å². The zero-order valence-electron chi connectivity index (χ0n) is 12.2. The molecule has 2 rings (SSSR count). The van der Waals surface area contributed by atoms with Crippen molar-refractivity contribution in [2.45, 2.75) is 19.6 Å². The fourth-order valence-corrected chi connectivity index (χ4v) is 1.88. The van der Waals surface area contributed by atoms with Crippen molar-refractivity contribution in [3.8, 4) is 0 Å². The van der Waals surface area contributed by atoms with E-state index in [1.807, 2.05) is 30.3 Å². The largest absolute Gasteiger partial charge is 0.480 e. The zero-order valence-corrected chi connectivity index (χ0v) is 12.2. The predicted octanol–water partition coefficient (Wildman–Crippen LogP) is 2.93. The number of carbonyl (C=O) groups excluding carboxylic acids is 1. The van der Waals surface area contributed by atoms with Gasteiger partial charge in [0.25, 0.3) is 0 Å². The molecule has 2 N–H and O–H groups in total. The van der Waals surface area contributed by atoms with E-state index < -0.39 is 18.0 Å². The van der Waals surface area contributed by atoms with Crippen LogP contribution < -0.4 is 5.32 Å². The van der Waals surface area contributed by atoms with Crippen LogP contribution in [0.15, 0.2) is 54.6 Å². The fraction of sp³-hybridized carbons (Fsp3) is 0.176. The van der Waals surface area contributed by atoms with Crippen LogP contribution in [-0.2, 0) is 16.1 Å². The molecule has 0 saturated carbocycles. The summed E-state index contributed by atoms with van der Waals surface area (Å²) in [7, 11) is 0. The normalized spacial score (nSPS) is 11.5. The van der Waals surface area contributed by atoms with Crippen LogP contribution in [0.1, 0.15) is 22.8 Å². The number of hydrogen-bond donors (Lipinski definition) is 2. The average molecular weight is 299 g/mol. The minimum Gasteiger partial charge on any atom is -0.480 e. The van der Waals surface area contributed by atoms with E-state index in [2.05, 4.69) is 5.32 Å². The molecule has 1 atom stereocenters. The van der Waals surface area contributed by atoms with Gasteiger partial charge in [-0.15, -0.1) is 0 Å². The Bertz CT molecular complexity index is 655. The maximum absolute atomic E-state index is 12.2. The third-order valence-corrected chi connectivity index (χ3v) is 3.10. The van der Waals surface area contributed by atoms with Crippen molar-refractivity contribution in [3.63, 3.8) is 0 Å². The quantitative estimate of drug-likeness (QED) is 0.802. The molecule has 0 radical (unpaired) electrons. The first-order chi connectivity index (χ1) is 10.6. The van der Waals surface area contributed by atoms with Gasteiger partial charge >= 0.3 is 11.9 Å². The molecule has 0 fully saturated rings. The second kappa shape index (κ2) is 7.26. The number of carbonyl (C=O) groups is 2. The van der Waals surface area contributed by atoms with Crippen molar-refractivity contribution >= 4 is 17.6 Å². The molecule has 0 unspecified atom stereocenters. The highest BCUT2D eigenvalue weighted by Gasteiger charge is 2.16. The van der Waals surface area contributed by atoms with Crippen molar-refractivity contribution in [2.75, 3.05) is 5.32 Å². The summed E-state index contributed by atoms with van der Waals surface area (Å²) in [6.07, 6.45) is 0. The molecule has 0 heterocycles. The Labute approximate surface area is 128 Å². The Morgan fingerprint density at radius 2 is 1.73 bits per heavy atom. The third kappa shape index (κ3) is 4.09. The summed E-state index contributed by atoms with van der Waals surface area (Å²) in [5, 5.41) is 11.7. The molecule has 0 bridgehead atoms. The Balaban J connectivity index is 2.07. The van der Waals surface area contributed by atoms with Crippen molar-refractivity contribution in [1.82, 2.24) is 0 Å². The number of carboxylic acids is 1. The van der Waals surface area contributed by atoms with Gasteiger partial charge in [0.1, 0.15) is 12.6 Å². The van der Waals surface area contributed by atoms with E-state index in [4.69, 9.17) is 9.84 Å². The Morgan fingerprint density at radius 1 is 1.09 bits per heavy atom. The minimum absolute atomic E-state index is 0.169. The molecule has 2 aromatic rings. The highest BCUT2D eigenvalue weighted by molar-refractivity contribution is 5.96. The molecule has 0 aromatic heterocycles. The van der Waals surface area contributed by atoms with Crippen LogP contribution in [0.4, 0.5) is 5.69 Å². The number of hydrogen-bond acceptors (Lipinski definition) is 4. The number of ether oxygens (including phenoxy) is 1. The number of aliphatic carboxylic acids is 1. The van der Waals surface area contributed by atoms with Crippen molar-refractivity contribution in [2.24, 2.45) is 0 Å². The van der Waals surface area contributed by atoms with E-state index >= 15 is 0 Å². The van der Waals surface area contributed by atoms with Crippen LogP contribution in [0.25, 0.3) is 0 Å². The average Bonchev–Trinajstić information content (AvgIpc) is 2.54. The van der Waals surface area contributed by atoms with Crippen LogP contribution >= 0.6 is 0 Å². The van der Waals surface area contributed by atoms with Gasteiger partial charge < -0.3 is 15.2 Å². The predicted molar refractivity (Wildman–Crippen MR) is 82.7 cm³/mol. The molecule has 22 heavy (non-hydrogen) atoms. The van der Waals surface area contributed by atoms with Gasteiger partial charge in [-0.2, -0.15) is 0 Å². The monoisotopic (exact) mass is 299 g/mol. The summed E-state index contributed by atoms with van der Waals surface area (Å²) >= 11 is 0. The molecular weight excluding hydrogens is 282 g/mol. The van der Waals surface area contributed by atoms with E-state index in [1.54, 1.807) is 24.3 Å². The lowest BCUT2D eigenvalue weighted by Crippen LogP contribution is -2.26. The lowest BCUT2D eigenvalue weighted by atomic mass is 10.1. The number of nitrogens with one attached hydrogen (secondary N) is 1. The zero-order chi connectivity index (χ0) is 15.9. The molecule has 0 spiro atoms. The molecule has 0 aliphatic heterocycles. The van der Waals surface area contributed by atoms with Gasteiger partial charge in [0.05, 0.1) is 5.56 Å². The number of para-hydroxylation sites is 1. The first-order valence-electron chi connectivity index (χ1n) is 6.87. The summed E-state index contributed by atoms with van der Waals surface area (Å²) in [6.45, 7) is 1.68. The number of anilines is 1. The van der Waals surface area contributed by atoms with Gasteiger partial charge in [-0.05, 0) is 24.6 Å². The molecule has 0 aliphatic carbocycles. The van der Waals surface area contributed by atoms with Gasteiger partial charge in [-0.3, -0.25) is 4.79 Å². The van der Waals surface area contributed by atoms with E-state index in [0.29, 0.717) is 11.3 Å². The SMILES string of the molecule is C[C@@H](Nc1ccccc1C(=O)OCc1ccccc1)C(=O)O. The summed E-state index contributed by atoms with van der Waals surface area (Å²) in [5.41, 5.74) is 1.64. The Morgan fingerprint density at radius 3 is 2.41 bits per heavy atom. The Kier molecular flexibility index (Phi) is 5.14. The third-order valence-electron chi connectivity index (χ3n) is 3.10. The lowest BCUT2D eigenvalue weighted by molar-refractivity contribution is -0.137. The van der Waals surface area contributed by atoms with E-state index in [9.17, 15) is 9.59 Å². The molecule has 0 amide bonds. The maximum atomic E-state index is 12.2. The van der Waals surface area contributed by atoms with E-state index in [0.717, 1.165) is 5.56 Å². The number of rotatable bonds is 6. The van der Waals surface area contributed by atoms with Crippen LogP contribution in [0.3, 0.4) is 0 Å². The molecule has 0 aliphatic rings. The second-order valence-electron chi connectivity index (χ2n) is 4.81. The van der Waals surface area contributed by atoms with Crippen LogP contribution in [-0.4, -0.2) is 23.1 Å². The number of carboxylic acid groups (broad SMARTS) is 1. The van der Waals surface area contributed by atoms with Gasteiger partial charge in [-0.25, -0.2) is 4.79 Å². The maximum Gasteiger partial charge on any atom is 0.340 e. The second-order valence-corrected chi connectivity index (χ2v) is 4.81. The molecular formula is C17H17NO4. The first-order valence-corrected chi connectivity index (χ1v) is 6.87. The molecule has 5 nitrogen and oxygen atoms in total. The number of esters is 1. The van der Waals surface area contributed by atoms with E-state index in [1.165, 1.54) is 6.92 Å². The van der Waals surface area contributed by atoms with Crippen LogP contribution in [0.2, 0.25) is 0 Å². The van der Waals surface area contributed by atoms with Gasteiger partial charge in [0, 0.05) is 5.69 Å². The van der Waals surface area contributed by atoms with Crippen LogP contribution in [0.5, 0.6) is 0 Å². The van der Waals surface area contributed by atoms with Crippen molar-refractivity contribution in [1.29, 1.82) is 0 Å². The van der Waals surface area contributed by atoms with E-state index in [-0.39, 0.29) is 6.61 Å². The van der Waals surface area contributed by atoms with Gasteiger partial charge in [0.15, 0.2) is 0 Å². The Hall–Kier alpha value is -2.82. The molecule has 2 aromatic carbocycles. The highest BCUT2D eigenvalue weighted by atomic mass is 16.5. The molecule has 0 saturated heterocycles. The fourth-order valence-electron chi connectivity index (χ4n) is 1.88. The van der Waals surface area contributed by atoms with Crippen molar-refractivity contribution in [3.05, 3.63) is 65.7 Å². The summed E-state index contributed by atoms with van der Waals surface area (Å²) in [5.74, 6) is -1.49. The molecule has 5 heteroatoms. The summed E-state index contributed by atoms with van der Waals surface area (Å²) < 4.78 is 5.27. The van der Waals surface area contributed by atoms with Gasteiger partial charge in [-0.1, -0.05) is 42.5 Å². The lowest BCUT2D eigenvalue weighted by Gasteiger charge is -2.14. The molecule has 114 valence electrons. The smallest absolute Gasteiger partial charge is 0.340 e. The highest BCUT2D eigenvalue weighted by Crippen LogP contribution is 2.18. The summed E-state index contributed by atoms with van der Waals surface area (Å²) in [4.78, 5) is 23.1. The first kappa shape index (κ1) is 15.6. The standard InChI is InChI=1S/C17H17NO4/c1-12(16(19)20)18-15-10-6-5-9-14(15)17(21)22-11-13-7-3-2-4-8-13/h2-10,12,18H,11H2,1H3,(H,19,20)/t12-/m1/s1. The van der Waals surface area contributed by atoms with Crippen molar-refractivity contribution < 1.29 is 19.4 Å². The van der Waals surface area contributed by atoms with Gasteiger partial charge in [0.2, 0.25) is 0 Å². The number of benzene rings is 2. The summed E-state index contributed by atoms with van der Waals surface area (Å²) in [6, 6.07) is 15.2.